The molecule has 0 aromatic heterocycles. The molecule has 3 nitrogen and oxygen atoms in total. The van der Waals surface area contributed by atoms with Crippen LogP contribution in [0.15, 0.2) is 0 Å². The Morgan fingerprint density at radius 2 is 2.05 bits per heavy atom. The van der Waals surface area contributed by atoms with E-state index in [2.05, 4.69) is 37.9 Å². The lowest BCUT2D eigenvalue weighted by atomic mass is 9.91. The molecule has 1 amide bonds. The second-order valence-electron chi connectivity index (χ2n) is 5.91. The summed E-state index contributed by atoms with van der Waals surface area (Å²) in [5, 5.41) is 3.42. The largest absolute Gasteiger partial charge is 0.340 e. The number of hydrogen-bond donors (Lipinski definition) is 1. The van der Waals surface area contributed by atoms with Crippen molar-refractivity contribution in [2.75, 3.05) is 13.1 Å². The highest BCUT2D eigenvalue weighted by Crippen LogP contribution is 2.20. The number of carbonyl (C=O) groups excluding carboxylic acids is 1. The van der Waals surface area contributed by atoms with Gasteiger partial charge < -0.3 is 10.2 Å². The van der Waals surface area contributed by atoms with Crippen LogP contribution < -0.4 is 5.32 Å². The SMILES string of the molecule is CCCCCN(C(=O)[C@H]1CCN[C@@H](C)C1)C(C)C.Cl. The third kappa shape index (κ3) is 6.13. The van der Waals surface area contributed by atoms with E-state index in [1.807, 2.05) is 0 Å². The van der Waals surface area contributed by atoms with E-state index >= 15 is 0 Å². The molecule has 0 aliphatic carbocycles. The Kier molecular flexibility index (Phi) is 9.46. The molecule has 1 N–H and O–H groups in total. The second kappa shape index (κ2) is 9.60. The van der Waals surface area contributed by atoms with E-state index in [0.717, 1.165) is 32.4 Å². The Labute approximate surface area is 124 Å². The lowest BCUT2D eigenvalue weighted by molar-refractivity contribution is -0.138. The van der Waals surface area contributed by atoms with Crippen molar-refractivity contribution in [2.24, 2.45) is 5.92 Å². The zero-order valence-electron chi connectivity index (χ0n) is 12.9. The highest BCUT2D eigenvalue weighted by molar-refractivity contribution is 5.85. The molecule has 0 aromatic rings. The molecule has 1 fully saturated rings. The lowest BCUT2D eigenvalue weighted by Crippen LogP contribution is -2.46. The molecule has 0 radical (unpaired) electrons. The third-order valence-corrected chi connectivity index (χ3v) is 3.88. The summed E-state index contributed by atoms with van der Waals surface area (Å²) in [7, 11) is 0. The summed E-state index contributed by atoms with van der Waals surface area (Å²) in [6.07, 6.45) is 5.57. The van der Waals surface area contributed by atoms with Crippen molar-refractivity contribution in [3.63, 3.8) is 0 Å². The Bertz CT molecular complexity index is 259. The molecule has 1 heterocycles. The lowest BCUT2D eigenvalue weighted by Gasteiger charge is -2.34. The first kappa shape index (κ1) is 18.7. The van der Waals surface area contributed by atoms with E-state index in [1.54, 1.807) is 0 Å². The Hall–Kier alpha value is -0.280. The molecule has 4 heteroatoms. The zero-order valence-corrected chi connectivity index (χ0v) is 13.8. The van der Waals surface area contributed by atoms with Gasteiger partial charge >= 0.3 is 0 Å². The third-order valence-electron chi connectivity index (χ3n) is 3.88. The van der Waals surface area contributed by atoms with Gasteiger partial charge in [0.15, 0.2) is 0 Å². The Balaban J connectivity index is 0.00000324. The summed E-state index contributed by atoms with van der Waals surface area (Å²) in [6, 6.07) is 0.817. The number of piperidine rings is 1. The van der Waals surface area contributed by atoms with Crippen LogP contribution in [-0.2, 0) is 4.79 Å². The topological polar surface area (TPSA) is 32.3 Å². The van der Waals surface area contributed by atoms with Crippen molar-refractivity contribution in [3.05, 3.63) is 0 Å². The van der Waals surface area contributed by atoms with Crippen LogP contribution in [0.2, 0.25) is 0 Å². The van der Waals surface area contributed by atoms with Gasteiger partial charge in [0.05, 0.1) is 0 Å². The van der Waals surface area contributed by atoms with Crippen LogP contribution in [0.3, 0.4) is 0 Å². The number of amides is 1. The quantitative estimate of drug-likeness (QED) is 0.762. The molecular weight excluding hydrogens is 260 g/mol. The summed E-state index contributed by atoms with van der Waals surface area (Å²) in [4.78, 5) is 14.7. The van der Waals surface area contributed by atoms with E-state index in [4.69, 9.17) is 0 Å². The molecule has 0 unspecified atom stereocenters. The number of carbonyl (C=O) groups is 1. The minimum Gasteiger partial charge on any atom is -0.340 e. The average Bonchev–Trinajstić information content (AvgIpc) is 2.33. The van der Waals surface area contributed by atoms with Crippen molar-refractivity contribution < 1.29 is 4.79 Å². The van der Waals surface area contributed by atoms with E-state index in [0.29, 0.717) is 18.0 Å². The highest BCUT2D eigenvalue weighted by Gasteiger charge is 2.29. The first-order chi connectivity index (χ1) is 8.56. The molecule has 0 spiro atoms. The fraction of sp³-hybridized carbons (Fsp3) is 0.933. The maximum absolute atomic E-state index is 12.6. The molecule has 1 saturated heterocycles. The van der Waals surface area contributed by atoms with Crippen LogP contribution in [0.4, 0.5) is 0 Å². The predicted octanol–water partition coefficient (Wildman–Crippen LogP) is 3.22. The smallest absolute Gasteiger partial charge is 0.226 e. The van der Waals surface area contributed by atoms with Crippen molar-refractivity contribution in [2.45, 2.75) is 71.9 Å². The predicted molar refractivity (Wildman–Crippen MR) is 83.8 cm³/mol. The van der Waals surface area contributed by atoms with Crippen LogP contribution >= 0.6 is 12.4 Å². The molecule has 2 atom stereocenters. The summed E-state index contributed by atoms with van der Waals surface area (Å²) in [5.41, 5.74) is 0. The van der Waals surface area contributed by atoms with Gasteiger partial charge in [0, 0.05) is 24.5 Å². The van der Waals surface area contributed by atoms with Gasteiger partial charge in [-0.25, -0.2) is 0 Å². The van der Waals surface area contributed by atoms with Crippen molar-refractivity contribution in [3.8, 4) is 0 Å². The maximum Gasteiger partial charge on any atom is 0.226 e. The fourth-order valence-corrected chi connectivity index (χ4v) is 2.75. The molecule has 1 aliphatic heterocycles. The molecule has 0 aromatic carbocycles. The van der Waals surface area contributed by atoms with Gasteiger partial charge in [0.2, 0.25) is 5.91 Å². The van der Waals surface area contributed by atoms with Gasteiger partial charge in [-0.1, -0.05) is 19.8 Å². The molecule has 1 rings (SSSR count). The number of nitrogens with zero attached hydrogens (tertiary/aromatic N) is 1. The van der Waals surface area contributed by atoms with Gasteiger partial charge in [-0.2, -0.15) is 0 Å². The summed E-state index contributed by atoms with van der Waals surface area (Å²) >= 11 is 0. The minimum absolute atomic E-state index is 0. The molecule has 114 valence electrons. The molecule has 0 saturated carbocycles. The monoisotopic (exact) mass is 290 g/mol. The van der Waals surface area contributed by atoms with Crippen LogP contribution in [0.5, 0.6) is 0 Å². The summed E-state index contributed by atoms with van der Waals surface area (Å²) in [6.45, 7) is 10.6. The zero-order chi connectivity index (χ0) is 13.5. The van der Waals surface area contributed by atoms with E-state index in [9.17, 15) is 4.79 Å². The number of hydrogen-bond acceptors (Lipinski definition) is 2. The second-order valence-corrected chi connectivity index (χ2v) is 5.91. The van der Waals surface area contributed by atoms with E-state index in [1.165, 1.54) is 12.8 Å². The van der Waals surface area contributed by atoms with Crippen LogP contribution in [0, 0.1) is 5.92 Å². The van der Waals surface area contributed by atoms with E-state index in [-0.39, 0.29) is 18.3 Å². The first-order valence-electron chi connectivity index (χ1n) is 7.60. The molecule has 0 bridgehead atoms. The van der Waals surface area contributed by atoms with Gasteiger partial charge in [-0.3, -0.25) is 4.79 Å². The number of unbranched alkanes of at least 4 members (excludes halogenated alkanes) is 2. The summed E-state index contributed by atoms with van der Waals surface area (Å²) in [5.74, 6) is 0.625. The van der Waals surface area contributed by atoms with E-state index < -0.39 is 0 Å². The number of halogens is 1. The average molecular weight is 291 g/mol. The normalized spacial score (nSPS) is 23.0. The van der Waals surface area contributed by atoms with Crippen molar-refractivity contribution in [1.82, 2.24) is 10.2 Å². The standard InChI is InChI=1S/C15H30N2O.ClH/c1-5-6-7-10-17(12(2)3)15(18)14-8-9-16-13(4)11-14;/h12-14,16H,5-11H2,1-4H3;1H/t13-,14-;/m0./s1. The Morgan fingerprint density at radius 3 is 2.58 bits per heavy atom. The van der Waals surface area contributed by atoms with Gasteiger partial charge in [0.25, 0.3) is 0 Å². The first-order valence-corrected chi connectivity index (χ1v) is 7.60. The van der Waals surface area contributed by atoms with Gasteiger partial charge in [-0.15, -0.1) is 12.4 Å². The van der Waals surface area contributed by atoms with Crippen molar-refractivity contribution in [1.29, 1.82) is 0 Å². The maximum atomic E-state index is 12.6. The fourth-order valence-electron chi connectivity index (χ4n) is 2.75. The minimum atomic E-state index is 0. The molecular formula is C15H31ClN2O. The number of nitrogens with one attached hydrogen (secondary N) is 1. The van der Waals surface area contributed by atoms with Gasteiger partial charge in [-0.05, 0) is 46.6 Å². The number of rotatable bonds is 6. The molecule has 19 heavy (non-hydrogen) atoms. The van der Waals surface area contributed by atoms with Crippen molar-refractivity contribution >= 4 is 18.3 Å². The molecule has 1 aliphatic rings. The van der Waals surface area contributed by atoms with Gasteiger partial charge in [0.1, 0.15) is 0 Å². The Morgan fingerprint density at radius 1 is 1.37 bits per heavy atom. The van der Waals surface area contributed by atoms with Crippen LogP contribution in [0.25, 0.3) is 0 Å². The van der Waals surface area contributed by atoms with Crippen LogP contribution in [-0.4, -0.2) is 36.0 Å². The highest BCUT2D eigenvalue weighted by atomic mass is 35.5. The summed E-state index contributed by atoms with van der Waals surface area (Å²) < 4.78 is 0. The van der Waals surface area contributed by atoms with Crippen LogP contribution in [0.1, 0.15) is 59.8 Å².